The average Bonchev–Trinajstić information content (AvgIpc) is 3.18. The Bertz CT molecular complexity index is 480. The van der Waals surface area contributed by atoms with Crippen LogP contribution in [0.3, 0.4) is 0 Å². The smallest absolute Gasteiger partial charge is 0.328 e. The van der Waals surface area contributed by atoms with E-state index in [-0.39, 0.29) is 12.5 Å². The van der Waals surface area contributed by atoms with Crippen molar-refractivity contribution in [3.8, 4) is 5.75 Å². The molecule has 1 saturated carbocycles. The van der Waals surface area contributed by atoms with E-state index in [1.165, 1.54) is 31.1 Å². The summed E-state index contributed by atoms with van der Waals surface area (Å²) in [5.74, 6) is -0.878. The van der Waals surface area contributed by atoms with Crippen molar-refractivity contribution in [2.45, 2.75) is 12.8 Å². The second-order valence-corrected chi connectivity index (χ2v) is 4.44. The van der Waals surface area contributed by atoms with Crippen LogP contribution in [-0.4, -0.2) is 24.5 Å². The van der Waals surface area contributed by atoms with E-state index in [4.69, 9.17) is 14.6 Å². The molecule has 4 nitrogen and oxygen atoms in total. The van der Waals surface area contributed by atoms with Crippen molar-refractivity contribution in [2.75, 3.05) is 13.4 Å². The summed E-state index contributed by atoms with van der Waals surface area (Å²) < 4.78 is 24.0. The van der Waals surface area contributed by atoms with E-state index in [2.05, 4.69) is 0 Å². The van der Waals surface area contributed by atoms with Gasteiger partial charge >= 0.3 is 5.97 Å². The topological polar surface area (TPSA) is 55.8 Å². The zero-order chi connectivity index (χ0) is 13.7. The van der Waals surface area contributed by atoms with Crippen molar-refractivity contribution in [3.05, 3.63) is 35.7 Å². The Morgan fingerprint density at radius 2 is 2.26 bits per heavy atom. The maximum absolute atomic E-state index is 13.6. The summed E-state index contributed by atoms with van der Waals surface area (Å²) in [7, 11) is 0. The number of ether oxygens (including phenoxy) is 2. The number of hydrogen-bond acceptors (Lipinski definition) is 3. The minimum Gasteiger partial charge on any atom is -0.478 e. The van der Waals surface area contributed by atoms with Gasteiger partial charge < -0.3 is 14.6 Å². The normalized spacial score (nSPS) is 14.8. The molecular weight excluding hydrogens is 251 g/mol. The van der Waals surface area contributed by atoms with Crippen molar-refractivity contribution >= 4 is 12.0 Å². The van der Waals surface area contributed by atoms with Crippen molar-refractivity contribution in [1.29, 1.82) is 0 Å². The van der Waals surface area contributed by atoms with E-state index in [9.17, 15) is 9.18 Å². The fraction of sp³-hybridized carbons (Fsp3) is 0.357. The van der Waals surface area contributed by atoms with Gasteiger partial charge in [-0.1, -0.05) is 6.07 Å². The van der Waals surface area contributed by atoms with Gasteiger partial charge in [-0.3, -0.25) is 0 Å². The van der Waals surface area contributed by atoms with Crippen LogP contribution in [0.1, 0.15) is 18.4 Å². The molecule has 1 aliphatic rings. The van der Waals surface area contributed by atoms with E-state index >= 15 is 0 Å². The Balaban J connectivity index is 1.84. The average molecular weight is 266 g/mol. The first-order valence-corrected chi connectivity index (χ1v) is 6.06. The second-order valence-electron chi connectivity index (χ2n) is 4.44. The van der Waals surface area contributed by atoms with E-state index in [1.807, 2.05) is 0 Å². The molecular formula is C14H15FO4. The van der Waals surface area contributed by atoms with Crippen LogP contribution in [0.4, 0.5) is 4.39 Å². The molecule has 0 saturated heterocycles. The third-order valence-corrected chi connectivity index (χ3v) is 2.72. The van der Waals surface area contributed by atoms with Crippen molar-refractivity contribution in [3.63, 3.8) is 0 Å². The van der Waals surface area contributed by atoms with Crippen LogP contribution >= 0.6 is 0 Å². The molecule has 5 heteroatoms. The van der Waals surface area contributed by atoms with Gasteiger partial charge in [-0.05, 0) is 42.5 Å². The first kappa shape index (κ1) is 13.5. The van der Waals surface area contributed by atoms with Gasteiger partial charge in [0.1, 0.15) is 0 Å². The zero-order valence-electron chi connectivity index (χ0n) is 10.3. The minimum absolute atomic E-state index is 0.0255. The van der Waals surface area contributed by atoms with E-state index in [1.54, 1.807) is 6.07 Å². The third-order valence-electron chi connectivity index (χ3n) is 2.72. The maximum atomic E-state index is 13.6. The van der Waals surface area contributed by atoms with Gasteiger partial charge in [0.15, 0.2) is 18.4 Å². The van der Waals surface area contributed by atoms with E-state index < -0.39 is 11.8 Å². The highest BCUT2D eigenvalue weighted by molar-refractivity contribution is 5.85. The number of hydrogen-bond donors (Lipinski definition) is 1. The molecule has 0 radical (unpaired) electrons. The Morgan fingerprint density at radius 3 is 2.89 bits per heavy atom. The van der Waals surface area contributed by atoms with Crippen molar-refractivity contribution < 1.29 is 23.8 Å². The molecule has 0 spiro atoms. The van der Waals surface area contributed by atoms with Gasteiger partial charge in [-0.15, -0.1) is 0 Å². The summed E-state index contributed by atoms with van der Waals surface area (Å²) in [4.78, 5) is 10.3. The summed E-state index contributed by atoms with van der Waals surface area (Å²) in [6.45, 7) is 0.679. The second kappa shape index (κ2) is 6.33. The Morgan fingerprint density at radius 1 is 1.47 bits per heavy atom. The fourth-order valence-corrected chi connectivity index (χ4v) is 1.51. The Hall–Kier alpha value is -1.88. The summed E-state index contributed by atoms with van der Waals surface area (Å²) in [6, 6.07) is 4.26. The number of benzene rings is 1. The molecule has 0 aliphatic heterocycles. The zero-order valence-corrected chi connectivity index (χ0v) is 10.3. The van der Waals surface area contributed by atoms with Crippen LogP contribution in [0.2, 0.25) is 0 Å². The number of carboxylic acids is 1. The predicted molar refractivity (Wildman–Crippen MR) is 67.2 cm³/mol. The number of carbonyl (C=O) groups is 1. The fourth-order valence-electron chi connectivity index (χ4n) is 1.51. The molecule has 1 fully saturated rings. The number of aliphatic carboxylic acids is 1. The predicted octanol–water partition coefficient (Wildman–Crippen LogP) is 2.69. The molecule has 0 amide bonds. The summed E-state index contributed by atoms with van der Waals surface area (Å²) in [5, 5.41) is 8.47. The van der Waals surface area contributed by atoms with Gasteiger partial charge in [-0.2, -0.15) is 0 Å². The summed E-state index contributed by atoms with van der Waals surface area (Å²) in [6.07, 6.45) is 4.66. The lowest BCUT2D eigenvalue weighted by atomic mass is 10.2. The monoisotopic (exact) mass is 266 g/mol. The van der Waals surface area contributed by atoms with Crippen molar-refractivity contribution in [1.82, 2.24) is 0 Å². The molecule has 0 unspecified atom stereocenters. The van der Waals surface area contributed by atoms with Crippen LogP contribution < -0.4 is 4.74 Å². The molecule has 0 atom stereocenters. The molecule has 0 bridgehead atoms. The highest BCUT2D eigenvalue weighted by Crippen LogP contribution is 2.28. The molecule has 2 rings (SSSR count). The van der Waals surface area contributed by atoms with E-state index in [0.29, 0.717) is 18.1 Å². The van der Waals surface area contributed by atoms with Crippen LogP contribution in [0.5, 0.6) is 5.75 Å². The third kappa shape index (κ3) is 4.71. The first-order chi connectivity index (χ1) is 9.15. The molecule has 1 aromatic carbocycles. The molecule has 1 N–H and O–H groups in total. The highest BCUT2D eigenvalue weighted by Gasteiger charge is 2.21. The lowest BCUT2D eigenvalue weighted by molar-refractivity contribution is -0.131. The van der Waals surface area contributed by atoms with Crippen LogP contribution in [0.15, 0.2) is 24.3 Å². The number of halogens is 1. The van der Waals surface area contributed by atoms with Gasteiger partial charge in [0.25, 0.3) is 0 Å². The quantitative estimate of drug-likeness (QED) is 0.468. The number of rotatable bonds is 7. The van der Waals surface area contributed by atoms with Crippen LogP contribution in [0.25, 0.3) is 6.08 Å². The molecule has 19 heavy (non-hydrogen) atoms. The first-order valence-electron chi connectivity index (χ1n) is 6.06. The Kier molecular flexibility index (Phi) is 4.52. The molecule has 1 aliphatic carbocycles. The SMILES string of the molecule is O=C(O)/C=C/c1ccc(OCOCC2CC2)c(F)c1. The van der Waals surface area contributed by atoms with Gasteiger partial charge in [-0.25, -0.2) is 9.18 Å². The van der Waals surface area contributed by atoms with Crippen molar-refractivity contribution in [2.24, 2.45) is 5.92 Å². The summed E-state index contributed by atoms with van der Waals surface area (Å²) >= 11 is 0. The largest absolute Gasteiger partial charge is 0.478 e. The molecule has 0 aromatic heterocycles. The van der Waals surface area contributed by atoms with Gasteiger partial charge in [0, 0.05) is 6.08 Å². The van der Waals surface area contributed by atoms with Crippen LogP contribution in [-0.2, 0) is 9.53 Å². The van der Waals surface area contributed by atoms with Gasteiger partial charge in [0.05, 0.1) is 6.61 Å². The molecule has 0 heterocycles. The minimum atomic E-state index is -1.07. The lowest BCUT2D eigenvalue weighted by Crippen LogP contribution is -2.06. The Labute approximate surface area is 110 Å². The van der Waals surface area contributed by atoms with E-state index in [0.717, 1.165) is 6.08 Å². The molecule has 1 aromatic rings. The highest BCUT2D eigenvalue weighted by atomic mass is 19.1. The lowest BCUT2D eigenvalue weighted by Gasteiger charge is -2.08. The molecule has 102 valence electrons. The summed E-state index contributed by atoms with van der Waals surface area (Å²) in [5.41, 5.74) is 0.464. The van der Waals surface area contributed by atoms with Gasteiger partial charge in [0.2, 0.25) is 0 Å². The number of carboxylic acid groups (broad SMARTS) is 1. The van der Waals surface area contributed by atoms with Crippen LogP contribution in [0, 0.1) is 11.7 Å². The maximum Gasteiger partial charge on any atom is 0.328 e. The standard InChI is InChI=1S/C14H15FO4/c15-12-7-10(4-6-14(16)17)3-5-13(12)19-9-18-8-11-1-2-11/h3-7,11H,1-2,8-9H2,(H,16,17)/b6-4+.